The highest BCUT2D eigenvalue weighted by Crippen LogP contribution is 2.16. The van der Waals surface area contributed by atoms with E-state index in [0.29, 0.717) is 5.69 Å². The fourth-order valence-corrected chi connectivity index (χ4v) is 0.781. The molecule has 1 aromatic carbocycles. The van der Waals surface area contributed by atoms with Gasteiger partial charge in [0, 0.05) is 9.19 Å². The first kappa shape index (κ1) is 8.14. The molecule has 0 radical (unpaired) electrons. The van der Waals surface area contributed by atoms with E-state index in [2.05, 4.69) is 10.1 Å². The molecule has 0 saturated carbocycles. The quantitative estimate of drug-likeness (QED) is 0.537. The Kier molecular flexibility index (Phi) is 2.98. The van der Waals surface area contributed by atoms with Crippen molar-refractivity contribution in [2.24, 2.45) is 0 Å². The Balaban J connectivity index is 2.45. The molecule has 0 aliphatic rings. The van der Waals surface area contributed by atoms with Crippen molar-refractivity contribution < 1.29 is 14.1 Å². The minimum atomic E-state index is -2.59. The highest BCUT2D eigenvalue weighted by Gasteiger charge is 2.11. The minimum absolute atomic E-state index is 0.643. The molecule has 4 nitrogen and oxygen atoms in total. The largest absolute Gasteiger partial charge is 0.719 e. The summed E-state index contributed by atoms with van der Waals surface area (Å²) in [5.41, 5.74) is 2.95. The van der Waals surface area contributed by atoms with Crippen molar-refractivity contribution in [3.63, 3.8) is 0 Å². The summed E-state index contributed by atoms with van der Waals surface area (Å²) in [5.74, 6) is 0. The number of hydrogen-bond donors (Lipinski definition) is 2. The van der Waals surface area contributed by atoms with Gasteiger partial charge in [0.2, 0.25) is 0 Å². The van der Waals surface area contributed by atoms with Crippen LogP contribution in [0.25, 0.3) is 0 Å². The summed E-state index contributed by atoms with van der Waals surface area (Å²) >= 11 is 0. The molecule has 58 valence electrons. The lowest BCUT2D eigenvalue weighted by Crippen LogP contribution is -1.92. The molecule has 1 aromatic rings. The summed E-state index contributed by atoms with van der Waals surface area (Å²) in [6.07, 6.45) is 0. The Labute approximate surface area is 64.7 Å². The zero-order valence-corrected chi connectivity index (χ0v) is 6.49. The lowest BCUT2D eigenvalue weighted by atomic mass is 10.3. The molecule has 1 unspecified atom stereocenters. The first-order valence-corrected chi connectivity index (χ1v) is 4.06. The maximum Gasteiger partial charge on any atom is 0.719 e. The van der Waals surface area contributed by atoms with Gasteiger partial charge in [0.1, 0.15) is 0 Å². The normalized spacial score (nSPS) is 10.8. The lowest BCUT2D eigenvalue weighted by molar-refractivity contribution is 0.339. The molecule has 0 amide bonds. The van der Waals surface area contributed by atoms with Crippen LogP contribution in [0.4, 0.5) is 5.69 Å². The van der Waals surface area contributed by atoms with Gasteiger partial charge < -0.3 is 0 Å². The zero-order chi connectivity index (χ0) is 8.10. The van der Waals surface area contributed by atoms with E-state index < -0.39 is 8.25 Å². The summed E-state index contributed by atoms with van der Waals surface area (Å²) in [4.78, 5) is 8.24. The summed E-state index contributed by atoms with van der Waals surface area (Å²) in [5, 5.41) is 0. The van der Waals surface area contributed by atoms with Crippen LogP contribution < -0.4 is 5.48 Å². The van der Waals surface area contributed by atoms with E-state index >= 15 is 0 Å². The number of anilines is 1. The molecular weight excluding hydrogens is 165 g/mol. The first-order valence-electron chi connectivity index (χ1n) is 2.93. The van der Waals surface area contributed by atoms with Crippen LogP contribution in [0.5, 0.6) is 0 Å². The number of hydrogen-bond acceptors (Lipinski definition) is 3. The molecule has 0 saturated heterocycles. The average Bonchev–Trinajstić information content (AvgIpc) is 2.03. The second kappa shape index (κ2) is 4.03. The third-order valence-electron chi connectivity index (χ3n) is 1.02. The van der Waals surface area contributed by atoms with E-state index in [9.17, 15) is 4.57 Å². The van der Waals surface area contributed by atoms with Gasteiger partial charge >= 0.3 is 8.25 Å². The molecule has 11 heavy (non-hydrogen) atoms. The second-order valence-corrected chi connectivity index (χ2v) is 2.46. The predicted octanol–water partition coefficient (Wildman–Crippen LogP) is 1.68. The molecule has 0 fully saturated rings. The van der Waals surface area contributed by atoms with Crippen LogP contribution in [0.15, 0.2) is 30.3 Å². The number of para-hydroxylation sites is 1. The number of nitrogens with one attached hydrogen (secondary N) is 1. The van der Waals surface area contributed by atoms with Gasteiger partial charge in [0.25, 0.3) is 0 Å². The van der Waals surface area contributed by atoms with E-state index in [1.54, 1.807) is 24.3 Å². The molecule has 0 aromatic heterocycles. The SMILES string of the molecule is O=[P+](O)ONc1ccccc1. The van der Waals surface area contributed by atoms with Crippen LogP contribution in [0.3, 0.4) is 0 Å². The Morgan fingerprint density at radius 3 is 2.55 bits per heavy atom. The van der Waals surface area contributed by atoms with E-state index in [4.69, 9.17) is 4.89 Å². The Morgan fingerprint density at radius 1 is 1.36 bits per heavy atom. The molecule has 2 N–H and O–H groups in total. The van der Waals surface area contributed by atoms with Gasteiger partial charge in [-0.25, -0.2) is 5.48 Å². The maximum atomic E-state index is 10.0. The van der Waals surface area contributed by atoms with E-state index in [1.807, 2.05) is 6.07 Å². The van der Waals surface area contributed by atoms with Gasteiger partial charge in [0.05, 0.1) is 5.69 Å². The highest BCUT2D eigenvalue weighted by molar-refractivity contribution is 7.32. The van der Waals surface area contributed by atoms with E-state index in [-0.39, 0.29) is 0 Å². The molecule has 1 rings (SSSR count). The summed E-state index contributed by atoms with van der Waals surface area (Å²) in [7, 11) is -2.59. The molecule has 0 spiro atoms. The Morgan fingerprint density at radius 2 is 2.00 bits per heavy atom. The first-order chi connectivity index (χ1) is 5.29. The topological polar surface area (TPSA) is 58.6 Å². The second-order valence-electron chi connectivity index (χ2n) is 1.80. The van der Waals surface area contributed by atoms with Crippen molar-refractivity contribution in [3.05, 3.63) is 30.3 Å². The smallest absolute Gasteiger partial charge is 0.215 e. The number of benzene rings is 1. The van der Waals surface area contributed by atoms with Crippen LogP contribution in [0.1, 0.15) is 0 Å². The van der Waals surface area contributed by atoms with Crippen LogP contribution in [-0.4, -0.2) is 4.89 Å². The molecule has 0 bridgehead atoms. The number of rotatable bonds is 3. The van der Waals surface area contributed by atoms with Crippen LogP contribution in [0.2, 0.25) is 0 Å². The third kappa shape index (κ3) is 3.09. The average molecular weight is 172 g/mol. The lowest BCUT2D eigenvalue weighted by Gasteiger charge is -1.93. The van der Waals surface area contributed by atoms with E-state index in [0.717, 1.165) is 0 Å². The van der Waals surface area contributed by atoms with Crippen molar-refractivity contribution >= 4 is 13.9 Å². The molecule has 0 aliphatic heterocycles. The fraction of sp³-hybridized carbons (Fsp3) is 0. The van der Waals surface area contributed by atoms with Gasteiger partial charge in [-0.2, -0.15) is 0 Å². The summed E-state index contributed by atoms with van der Waals surface area (Å²) in [6, 6.07) is 8.86. The molecular formula is C6H7NO3P+. The van der Waals surface area contributed by atoms with Crippen molar-refractivity contribution in [3.8, 4) is 0 Å². The van der Waals surface area contributed by atoms with Crippen molar-refractivity contribution in [2.45, 2.75) is 0 Å². The molecule has 1 atom stereocenters. The van der Waals surface area contributed by atoms with Crippen LogP contribution in [-0.2, 0) is 9.19 Å². The Bertz CT molecular complexity index is 239. The van der Waals surface area contributed by atoms with Crippen molar-refractivity contribution in [1.82, 2.24) is 0 Å². The monoisotopic (exact) mass is 172 g/mol. The predicted molar refractivity (Wildman–Crippen MR) is 41.0 cm³/mol. The Hall–Kier alpha value is -0.960. The zero-order valence-electron chi connectivity index (χ0n) is 5.60. The molecule has 0 aliphatic carbocycles. The van der Waals surface area contributed by atoms with Crippen LogP contribution >= 0.6 is 8.25 Å². The van der Waals surface area contributed by atoms with Gasteiger partial charge in [-0.1, -0.05) is 18.2 Å². The van der Waals surface area contributed by atoms with Gasteiger partial charge in [-0.05, 0) is 12.1 Å². The molecule has 5 heteroatoms. The van der Waals surface area contributed by atoms with E-state index in [1.165, 1.54) is 0 Å². The van der Waals surface area contributed by atoms with Crippen molar-refractivity contribution in [1.29, 1.82) is 0 Å². The molecule has 0 heterocycles. The van der Waals surface area contributed by atoms with Crippen molar-refractivity contribution in [2.75, 3.05) is 5.48 Å². The standard InChI is InChI=1S/C6H6NO3P/c8-11(9)10-7-6-4-2-1-3-5-6/h1-5,7H/p+1. The summed E-state index contributed by atoms with van der Waals surface area (Å²) in [6.45, 7) is 0. The minimum Gasteiger partial charge on any atom is -0.215 e. The van der Waals surface area contributed by atoms with Crippen LogP contribution in [0, 0.1) is 0 Å². The maximum absolute atomic E-state index is 10.0. The van der Waals surface area contributed by atoms with Gasteiger partial charge in [-0.3, -0.25) is 0 Å². The van der Waals surface area contributed by atoms with Gasteiger partial charge in [0.15, 0.2) is 0 Å². The highest BCUT2D eigenvalue weighted by atomic mass is 31.1. The van der Waals surface area contributed by atoms with Gasteiger partial charge in [-0.15, -0.1) is 4.89 Å². The third-order valence-corrected chi connectivity index (χ3v) is 1.26. The summed E-state index contributed by atoms with van der Waals surface area (Å²) < 4.78 is 14.3. The fourth-order valence-electron chi connectivity index (χ4n) is 0.598.